The van der Waals surface area contributed by atoms with Crippen molar-refractivity contribution in [2.24, 2.45) is 5.92 Å². The summed E-state index contributed by atoms with van der Waals surface area (Å²) in [4.78, 5) is 14.3. The van der Waals surface area contributed by atoms with Gasteiger partial charge in [-0.05, 0) is 31.6 Å². The number of ether oxygens (including phenoxy) is 1. The summed E-state index contributed by atoms with van der Waals surface area (Å²) in [5.41, 5.74) is 0. The van der Waals surface area contributed by atoms with E-state index in [-0.39, 0.29) is 18.1 Å². The van der Waals surface area contributed by atoms with Gasteiger partial charge in [0.25, 0.3) is 0 Å². The smallest absolute Gasteiger partial charge is 0.241 e. The number of carbonyl (C=O) groups excluding carboxylic acids is 1. The number of nitrogens with zero attached hydrogens (tertiary/aromatic N) is 1. The van der Waals surface area contributed by atoms with Crippen LogP contribution in [0.15, 0.2) is 0 Å². The predicted molar refractivity (Wildman–Crippen MR) is 71.1 cm³/mol. The van der Waals surface area contributed by atoms with Crippen molar-refractivity contribution in [3.05, 3.63) is 0 Å². The van der Waals surface area contributed by atoms with Crippen LogP contribution in [0, 0.1) is 5.92 Å². The highest BCUT2D eigenvalue weighted by Gasteiger charge is 2.39. The Bertz CT molecular complexity index is 288. The van der Waals surface area contributed by atoms with E-state index in [9.17, 15) is 4.79 Å². The molecular formula is C14H26N2O2. The second-order valence-electron chi connectivity index (χ2n) is 5.77. The van der Waals surface area contributed by atoms with Gasteiger partial charge in [-0.25, -0.2) is 0 Å². The Morgan fingerprint density at radius 2 is 2.28 bits per heavy atom. The van der Waals surface area contributed by atoms with Crippen molar-refractivity contribution in [3.8, 4) is 0 Å². The monoisotopic (exact) mass is 254 g/mol. The average Bonchev–Trinajstić information content (AvgIpc) is 2.94. The zero-order valence-corrected chi connectivity index (χ0v) is 11.8. The summed E-state index contributed by atoms with van der Waals surface area (Å²) >= 11 is 0. The number of carbonyl (C=O) groups is 1. The van der Waals surface area contributed by atoms with Gasteiger partial charge in [0.1, 0.15) is 0 Å². The first kappa shape index (κ1) is 13.8. The SMILES string of the molecule is CCC1NC(C(C)C)N(CCC2CCCO2)C1=O. The summed E-state index contributed by atoms with van der Waals surface area (Å²) in [5, 5.41) is 3.45. The van der Waals surface area contributed by atoms with E-state index < -0.39 is 0 Å². The van der Waals surface area contributed by atoms with Gasteiger partial charge in [0.15, 0.2) is 0 Å². The molecule has 4 nitrogen and oxygen atoms in total. The fourth-order valence-electron chi connectivity index (χ4n) is 2.95. The van der Waals surface area contributed by atoms with Crippen LogP contribution in [0.4, 0.5) is 0 Å². The molecular weight excluding hydrogens is 228 g/mol. The Labute approximate surface area is 110 Å². The minimum absolute atomic E-state index is 0.0156. The van der Waals surface area contributed by atoms with E-state index in [1.807, 2.05) is 4.90 Å². The van der Waals surface area contributed by atoms with E-state index in [1.165, 1.54) is 6.42 Å². The first-order chi connectivity index (χ1) is 8.63. The van der Waals surface area contributed by atoms with Crippen LogP contribution in [-0.4, -0.2) is 42.3 Å². The molecule has 2 aliphatic heterocycles. The second kappa shape index (κ2) is 6.02. The van der Waals surface area contributed by atoms with Crippen molar-refractivity contribution in [3.63, 3.8) is 0 Å². The molecule has 2 aliphatic rings. The highest BCUT2D eigenvalue weighted by atomic mass is 16.5. The lowest BCUT2D eigenvalue weighted by Crippen LogP contribution is -2.42. The van der Waals surface area contributed by atoms with Crippen molar-refractivity contribution in [2.75, 3.05) is 13.2 Å². The van der Waals surface area contributed by atoms with Crippen molar-refractivity contribution in [1.29, 1.82) is 0 Å². The molecule has 104 valence electrons. The standard InChI is InChI=1S/C14H26N2O2/c1-4-12-14(17)16(13(15-12)10(2)3)8-7-11-6-5-9-18-11/h10-13,15H,4-9H2,1-3H3. The third-order valence-corrected chi connectivity index (χ3v) is 4.04. The third kappa shape index (κ3) is 2.86. The Morgan fingerprint density at radius 3 is 2.83 bits per heavy atom. The van der Waals surface area contributed by atoms with Gasteiger partial charge < -0.3 is 9.64 Å². The normalized spacial score (nSPS) is 32.8. The predicted octanol–water partition coefficient (Wildman–Crippen LogP) is 1.75. The Morgan fingerprint density at radius 1 is 1.50 bits per heavy atom. The van der Waals surface area contributed by atoms with E-state index >= 15 is 0 Å². The van der Waals surface area contributed by atoms with Gasteiger partial charge in [0.05, 0.1) is 18.3 Å². The molecule has 18 heavy (non-hydrogen) atoms. The lowest BCUT2D eigenvalue weighted by molar-refractivity contribution is -0.130. The Kier molecular flexibility index (Phi) is 4.62. The van der Waals surface area contributed by atoms with Gasteiger partial charge >= 0.3 is 0 Å². The van der Waals surface area contributed by atoms with Crippen LogP contribution < -0.4 is 5.32 Å². The van der Waals surface area contributed by atoms with E-state index in [0.717, 1.165) is 32.4 Å². The molecule has 2 heterocycles. The molecule has 0 aromatic heterocycles. The van der Waals surface area contributed by atoms with Gasteiger partial charge in [-0.15, -0.1) is 0 Å². The third-order valence-electron chi connectivity index (χ3n) is 4.04. The largest absolute Gasteiger partial charge is 0.378 e. The van der Waals surface area contributed by atoms with E-state index in [0.29, 0.717) is 12.0 Å². The first-order valence-corrected chi connectivity index (χ1v) is 7.31. The summed E-state index contributed by atoms with van der Waals surface area (Å²) in [6.07, 6.45) is 4.74. The van der Waals surface area contributed by atoms with Crippen LogP contribution in [0.3, 0.4) is 0 Å². The maximum Gasteiger partial charge on any atom is 0.241 e. The van der Waals surface area contributed by atoms with Gasteiger partial charge in [-0.1, -0.05) is 20.8 Å². The summed E-state index contributed by atoms with van der Waals surface area (Å²) in [6.45, 7) is 8.12. The molecule has 0 spiro atoms. The quantitative estimate of drug-likeness (QED) is 0.812. The summed E-state index contributed by atoms with van der Waals surface area (Å²) < 4.78 is 5.64. The molecule has 3 unspecified atom stereocenters. The number of rotatable bonds is 5. The highest BCUT2D eigenvalue weighted by molar-refractivity contribution is 5.84. The van der Waals surface area contributed by atoms with Crippen LogP contribution in [0.5, 0.6) is 0 Å². The molecule has 1 N–H and O–H groups in total. The molecule has 0 aliphatic carbocycles. The molecule has 0 aromatic rings. The Hall–Kier alpha value is -0.610. The molecule has 2 fully saturated rings. The van der Waals surface area contributed by atoms with E-state index in [2.05, 4.69) is 26.1 Å². The molecule has 0 aromatic carbocycles. The minimum Gasteiger partial charge on any atom is -0.378 e. The van der Waals surface area contributed by atoms with Gasteiger partial charge in [0, 0.05) is 13.2 Å². The molecule has 3 atom stereocenters. The van der Waals surface area contributed by atoms with Crippen LogP contribution in [0.1, 0.15) is 46.5 Å². The van der Waals surface area contributed by atoms with Crippen molar-refractivity contribution < 1.29 is 9.53 Å². The topological polar surface area (TPSA) is 41.6 Å². The first-order valence-electron chi connectivity index (χ1n) is 7.31. The van der Waals surface area contributed by atoms with Crippen molar-refractivity contribution >= 4 is 5.91 Å². The van der Waals surface area contributed by atoms with Gasteiger partial charge in [-0.3, -0.25) is 10.1 Å². The molecule has 4 heteroatoms. The summed E-state index contributed by atoms with van der Waals surface area (Å²) in [6, 6.07) is 0.0156. The average molecular weight is 254 g/mol. The molecule has 1 amide bonds. The zero-order valence-electron chi connectivity index (χ0n) is 11.8. The van der Waals surface area contributed by atoms with Gasteiger partial charge in [0.2, 0.25) is 5.91 Å². The van der Waals surface area contributed by atoms with Crippen LogP contribution in [-0.2, 0) is 9.53 Å². The maximum absolute atomic E-state index is 12.3. The fourth-order valence-corrected chi connectivity index (χ4v) is 2.95. The Balaban J connectivity index is 1.92. The van der Waals surface area contributed by atoms with Gasteiger partial charge in [-0.2, -0.15) is 0 Å². The lowest BCUT2D eigenvalue weighted by atomic mass is 10.1. The van der Waals surface area contributed by atoms with Crippen LogP contribution in [0.25, 0.3) is 0 Å². The molecule has 0 radical (unpaired) electrons. The molecule has 2 rings (SSSR count). The maximum atomic E-state index is 12.3. The number of hydrogen-bond donors (Lipinski definition) is 1. The number of nitrogens with one attached hydrogen (secondary N) is 1. The molecule has 2 saturated heterocycles. The van der Waals surface area contributed by atoms with Crippen LogP contribution >= 0.6 is 0 Å². The second-order valence-corrected chi connectivity index (χ2v) is 5.77. The molecule has 0 bridgehead atoms. The van der Waals surface area contributed by atoms with Crippen LogP contribution in [0.2, 0.25) is 0 Å². The highest BCUT2D eigenvalue weighted by Crippen LogP contribution is 2.22. The zero-order chi connectivity index (χ0) is 13.1. The lowest BCUT2D eigenvalue weighted by Gasteiger charge is -2.28. The van der Waals surface area contributed by atoms with Crippen molar-refractivity contribution in [1.82, 2.24) is 10.2 Å². The number of amides is 1. The minimum atomic E-state index is 0.0156. The summed E-state index contributed by atoms with van der Waals surface area (Å²) in [5.74, 6) is 0.726. The van der Waals surface area contributed by atoms with E-state index in [4.69, 9.17) is 4.74 Å². The number of hydrogen-bond acceptors (Lipinski definition) is 3. The van der Waals surface area contributed by atoms with E-state index in [1.54, 1.807) is 0 Å². The fraction of sp³-hybridized carbons (Fsp3) is 0.929. The molecule has 0 saturated carbocycles. The van der Waals surface area contributed by atoms with Crippen molar-refractivity contribution in [2.45, 2.75) is 64.8 Å². The summed E-state index contributed by atoms with van der Waals surface area (Å²) in [7, 11) is 0.